The lowest BCUT2D eigenvalue weighted by atomic mass is 9.92. The summed E-state index contributed by atoms with van der Waals surface area (Å²) in [6, 6.07) is 6.92. The van der Waals surface area contributed by atoms with Gasteiger partial charge in [0.1, 0.15) is 0 Å². The zero-order valence-corrected chi connectivity index (χ0v) is 12.3. The molecular weight excluding hydrogens is 276 g/mol. The second-order valence-electron chi connectivity index (χ2n) is 4.77. The molecule has 94 valence electrons. The number of hydrogen-bond donors (Lipinski definition) is 0. The standard InChI is InChI=1S/C15H21BrO/c1-3-11-5-6-12(4-2)14(9-11)15(16)13-7-8-17-10-13/h5-6,9,13,15H,3-4,7-8,10H2,1-2H3. The van der Waals surface area contributed by atoms with Crippen LogP contribution in [-0.4, -0.2) is 13.2 Å². The fraction of sp³-hybridized carbons (Fsp3) is 0.600. The molecule has 2 rings (SSSR count). The molecule has 2 atom stereocenters. The van der Waals surface area contributed by atoms with Crippen LogP contribution in [0.1, 0.15) is 41.8 Å². The molecule has 1 heterocycles. The molecule has 1 fully saturated rings. The van der Waals surface area contributed by atoms with Gasteiger partial charge in [0.05, 0.1) is 6.61 Å². The number of halogens is 1. The van der Waals surface area contributed by atoms with E-state index in [0.29, 0.717) is 10.7 Å². The average Bonchev–Trinajstić information content (AvgIpc) is 2.91. The minimum absolute atomic E-state index is 0.450. The van der Waals surface area contributed by atoms with Gasteiger partial charge in [-0.05, 0) is 36.0 Å². The maximum absolute atomic E-state index is 5.50. The molecule has 2 unspecified atom stereocenters. The monoisotopic (exact) mass is 296 g/mol. The van der Waals surface area contributed by atoms with Crippen molar-refractivity contribution >= 4 is 15.9 Å². The van der Waals surface area contributed by atoms with Gasteiger partial charge in [-0.25, -0.2) is 0 Å². The molecule has 1 aliphatic heterocycles. The molecule has 0 aliphatic carbocycles. The molecule has 0 amide bonds. The van der Waals surface area contributed by atoms with Crippen LogP contribution in [0.25, 0.3) is 0 Å². The summed E-state index contributed by atoms with van der Waals surface area (Å²) < 4.78 is 5.50. The summed E-state index contributed by atoms with van der Waals surface area (Å²) in [5, 5.41) is 0. The predicted octanol–water partition coefficient (Wildman–Crippen LogP) is 4.28. The third-order valence-corrected chi connectivity index (χ3v) is 4.92. The Labute approximate surface area is 113 Å². The first-order valence-corrected chi connectivity index (χ1v) is 7.51. The van der Waals surface area contributed by atoms with Crippen LogP contribution in [0.3, 0.4) is 0 Å². The Balaban J connectivity index is 2.27. The Kier molecular flexibility index (Phi) is 4.63. The summed E-state index contributed by atoms with van der Waals surface area (Å²) in [7, 11) is 0. The van der Waals surface area contributed by atoms with Gasteiger partial charge in [-0.2, -0.15) is 0 Å². The fourth-order valence-electron chi connectivity index (χ4n) is 2.48. The molecule has 17 heavy (non-hydrogen) atoms. The molecule has 0 N–H and O–H groups in total. The lowest BCUT2D eigenvalue weighted by molar-refractivity contribution is 0.185. The first kappa shape index (κ1) is 13.1. The van der Waals surface area contributed by atoms with Crippen molar-refractivity contribution in [3.8, 4) is 0 Å². The second kappa shape index (κ2) is 6.01. The van der Waals surface area contributed by atoms with E-state index < -0.39 is 0 Å². The molecule has 1 aliphatic rings. The van der Waals surface area contributed by atoms with Gasteiger partial charge in [0.25, 0.3) is 0 Å². The van der Waals surface area contributed by atoms with Crippen LogP contribution in [-0.2, 0) is 17.6 Å². The topological polar surface area (TPSA) is 9.23 Å². The van der Waals surface area contributed by atoms with Crippen molar-refractivity contribution in [3.63, 3.8) is 0 Å². The third-order valence-electron chi connectivity index (χ3n) is 3.68. The van der Waals surface area contributed by atoms with Crippen LogP contribution in [0.4, 0.5) is 0 Å². The molecule has 1 nitrogen and oxygen atoms in total. The van der Waals surface area contributed by atoms with E-state index in [0.717, 1.165) is 26.1 Å². The van der Waals surface area contributed by atoms with Crippen molar-refractivity contribution < 1.29 is 4.74 Å². The van der Waals surface area contributed by atoms with E-state index in [2.05, 4.69) is 48.0 Å². The Hall–Kier alpha value is -0.340. The number of rotatable bonds is 4. The minimum atomic E-state index is 0.450. The van der Waals surface area contributed by atoms with Gasteiger partial charge in [-0.3, -0.25) is 0 Å². The first-order valence-electron chi connectivity index (χ1n) is 6.59. The highest BCUT2D eigenvalue weighted by molar-refractivity contribution is 9.09. The van der Waals surface area contributed by atoms with Crippen molar-refractivity contribution in [2.24, 2.45) is 5.92 Å². The van der Waals surface area contributed by atoms with E-state index in [-0.39, 0.29) is 0 Å². The highest BCUT2D eigenvalue weighted by Gasteiger charge is 2.26. The lowest BCUT2D eigenvalue weighted by Gasteiger charge is -2.20. The van der Waals surface area contributed by atoms with Gasteiger partial charge in [0.15, 0.2) is 0 Å². The molecule has 0 radical (unpaired) electrons. The summed E-state index contributed by atoms with van der Waals surface area (Å²) in [5.41, 5.74) is 4.37. The van der Waals surface area contributed by atoms with Crippen LogP contribution in [0.2, 0.25) is 0 Å². The van der Waals surface area contributed by atoms with Crippen LogP contribution >= 0.6 is 15.9 Å². The van der Waals surface area contributed by atoms with Gasteiger partial charge < -0.3 is 4.74 Å². The van der Waals surface area contributed by atoms with Crippen LogP contribution in [0.15, 0.2) is 18.2 Å². The molecule has 0 saturated carbocycles. The highest BCUT2D eigenvalue weighted by Crippen LogP contribution is 2.38. The molecular formula is C15H21BrO. The predicted molar refractivity (Wildman–Crippen MR) is 75.8 cm³/mol. The van der Waals surface area contributed by atoms with Gasteiger partial charge in [-0.15, -0.1) is 0 Å². The summed E-state index contributed by atoms with van der Waals surface area (Å²) in [6.07, 6.45) is 3.39. The van der Waals surface area contributed by atoms with E-state index in [1.165, 1.54) is 23.1 Å². The van der Waals surface area contributed by atoms with E-state index in [4.69, 9.17) is 4.74 Å². The van der Waals surface area contributed by atoms with E-state index in [9.17, 15) is 0 Å². The molecule has 2 heteroatoms. The van der Waals surface area contributed by atoms with Crippen molar-refractivity contribution in [3.05, 3.63) is 34.9 Å². The van der Waals surface area contributed by atoms with E-state index >= 15 is 0 Å². The number of hydrogen-bond acceptors (Lipinski definition) is 1. The summed E-state index contributed by atoms with van der Waals surface area (Å²) in [5.74, 6) is 0.632. The SMILES string of the molecule is CCc1ccc(CC)c(C(Br)C2CCOC2)c1. The quantitative estimate of drug-likeness (QED) is 0.754. The van der Waals surface area contributed by atoms with Gasteiger partial charge in [0, 0.05) is 17.4 Å². The Morgan fingerprint density at radius 3 is 2.76 bits per heavy atom. The summed E-state index contributed by atoms with van der Waals surface area (Å²) >= 11 is 3.89. The maximum atomic E-state index is 5.50. The summed E-state index contributed by atoms with van der Waals surface area (Å²) in [6.45, 7) is 6.26. The average molecular weight is 297 g/mol. The molecule has 1 saturated heterocycles. The van der Waals surface area contributed by atoms with E-state index in [1.807, 2.05) is 0 Å². The van der Waals surface area contributed by atoms with Crippen LogP contribution in [0, 0.1) is 5.92 Å². The Morgan fingerprint density at radius 1 is 1.35 bits per heavy atom. The fourth-order valence-corrected chi connectivity index (χ4v) is 3.32. The largest absolute Gasteiger partial charge is 0.381 e. The summed E-state index contributed by atoms with van der Waals surface area (Å²) in [4.78, 5) is 0.450. The lowest BCUT2D eigenvalue weighted by Crippen LogP contribution is -2.09. The molecule has 0 aromatic heterocycles. The Morgan fingerprint density at radius 2 is 2.18 bits per heavy atom. The van der Waals surface area contributed by atoms with Crippen LogP contribution in [0.5, 0.6) is 0 Å². The smallest absolute Gasteiger partial charge is 0.0509 e. The number of ether oxygens (including phenoxy) is 1. The van der Waals surface area contributed by atoms with Gasteiger partial charge >= 0.3 is 0 Å². The van der Waals surface area contributed by atoms with Gasteiger partial charge in [-0.1, -0.05) is 48.0 Å². The highest BCUT2D eigenvalue weighted by atomic mass is 79.9. The third kappa shape index (κ3) is 2.92. The zero-order valence-electron chi connectivity index (χ0n) is 10.7. The molecule has 1 aromatic carbocycles. The second-order valence-corrected chi connectivity index (χ2v) is 5.75. The van der Waals surface area contributed by atoms with E-state index in [1.54, 1.807) is 0 Å². The minimum Gasteiger partial charge on any atom is -0.381 e. The zero-order chi connectivity index (χ0) is 12.3. The molecule has 1 aromatic rings. The number of alkyl halides is 1. The van der Waals surface area contributed by atoms with Crippen molar-refractivity contribution in [1.82, 2.24) is 0 Å². The normalized spacial score (nSPS) is 21.7. The van der Waals surface area contributed by atoms with Crippen molar-refractivity contribution in [2.45, 2.75) is 37.9 Å². The number of benzene rings is 1. The van der Waals surface area contributed by atoms with Gasteiger partial charge in [0.2, 0.25) is 0 Å². The van der Waals surface area contributed by atoms with Crippen molar-refractivity contribution in [2.75, 3.05) is 13.2 Å². The van der Waals surface area contributed by atoms with Crippen molar-refractivity contribution in [1.29, 1.82) is 0 Å². The molecule has 0 bridgehead atoms. The number of aryl methyl sites for hydroxylation is 2. The van der Waals surface area contributed by atoms with Crippen LogP contribution < -0.4 is 0 Å². The molecule has 0 spiro atoms. The maximum Gasteiger partial charge on any atom is 0.0509 e. The Bertz CT molecular complexity index is 369. The first-order chi connectivity index (χ1) is 8.26.